The van der Waals surface area contributed by atoms with Crippen molar-refractivity contribution in [2.24, 2.45) is 5.92 Å². The highest BCUT2D eigenvalue weighted by Gasteiger charge is 2.35. The first-order chi connectivity index (χ1) is 23.2. The van der Waals surface area contributed by atoms with Crippen LogP contribution in [0, 0.1) is 5.92 Å². The van der Waals surface area contributed by atoms with Gasteiger partial charge in [-0.1, -0.05) is 6.07 Å². The lowest BCUT2D eigenvalue weighted by Crippen LogP contribution is -2.47. The predicted molar refractivity (Wildman–Crippen MR) is 178 cm³/mol. The normalized spacial score (nSPS) is 16.3. The van der Waals surface area contributed by atoms with E-state index < -0.39 is 17.8 Å². The third-order valence-electron chi connectivity index (χ3n) is 8.71. The van der Waals surface area contributed by atoms with Crippen molar-refractivity contribution < 1.29 is 33.4 Å². The van der Waals surface area contributed by atoms with Crippen LogP contribution in [0.4, 0.5) is 17.1 Å². The summed E-state index contributed by atoms with van der Waals surface area (Å²) in [4.78, 5) is 66.4. The monoisotopic (exact) mass is 650 g/mol. The van der Waals surface area contributed by atoms with Crippen molar-refractivity contribution in [3.05, 3.63) is 117 Å². The molecule has 12 heteroatoms. The third kappa shape index (κ3) is 6.50. The second-order valence-corrected chi connectivity index (χ2v) is 11.8. The van der Waals surface area contributed by atoms with Gasteiger partial charge in [0, 0.05) is 54.1 Å². The Bertz CT molecular complexity index is 1940. The maximum atomic E-state index is 13.6. The molecule has 246 valence electrons. The number of nitrogens with one attached hydrogen (secondary N) is 2. The van der Waals surface area contributed by atoms with Crippen LogP contribution in [0.15, 0.2) is 83.7 Å². The van der Waals surface area contributed by atoms with Crippen LogP contribution in [0.5, 0.6) is 5.75 Å². The molecule has 48 heavy (non-hydrogen) atoms. The molecule has 2 aliphatic rings. The number of amides is 2. The van der Waals surface area contributed by atoms with Crippen LogP contribution in [0.3, 0.4) is 0 Å². The lowest BCUT2D eigenvalue weighted by molar-refractivity contribution is 0.0598. The number of esters is 2. The standard InChI is InChI=1S/C36H34N4O8/c1-46-28-10-7-22(8-11-28)33(42)38-29-17-23(34(43)37-27-15-24(35(44)47-2)14-25(16-27)36(45)48-3)9-12-31(29)39-18-21-13-26(20-39)30-5-4-6-32(41)40(30)19-21/h4-12,14-17,21,26H,13,18-20H2,1-3H3,(H,37,43)(H,38,42)/t21-,26+/m1/s1. The molecule has 0 saturated carbocycles. The minimum absolute atomic E-state index is 0.00529. The van der Waals surface area contributed by atoms with Gasteiger partial charge >= 0.3 is 11.9 Å². The van der Waals surface area contributed by atoms with Gasteiger partial charge in [0.05, 0.1) is 43.8 Å². The molecular weight excluding hydrogens is 616 g/mol. The third-order valence-corrected chi connectivity index (χ3v) is 8.71. The quantitative estimate of drug-likeness (QED) is 0.262. The van der Waals surface area contributed by atoms with Crippen LogP contribution in [0.2, 0.25) is 0 Å². The van der Waals surface area contributed by atoms with Crippen molar-refractivity contribution >= 4 is 40.8 Å². The van der Waals surface area contributed by atoms with E-state index >= 15 is 0 Å². The molecule has 0 spiro atoms. The second-order valence-electron chi connectivity index (χ2n) is 11.8. The number of nitrogens with zero attached hydrogens (tertiary/aromatic N) is 2. The molecule has 2 atom stereocenters. The molecule has 2 aliphatic heterocycles. The molecule has 0 radical (unpaired) electrons. The average molecular weight is 651 g/mol. The fraction of sp³-hybridized carbons (Fsp3) is 0.250. The first-order valence-corrected chi connectivity index (χ1v) is 15.3. The fourth-order valence-electron chi connectivity index (χ4n) is 6.46. The van der Waals surface area contributed by atoms with Crippen molar-refractivity contribution in [3.8, 4) is 5.75 Å². The van der Waals surface area contributed by atoms with E-state index in [1.54, 1.807) is 61.7 Å². The van der Waals surface area contributed by atoms with E-state index in [4.69, 9.17) is 14.2 Å². The highest BCUT2D eigenvalue weighted by Crippen LogP contribution is 2.39. The predicted octanol–water partition coefficient (Wildman–Crippen LogP) is 4.56. The molecule has 0 unspecified atom stereocenters. The minimum atomic E-state index is -0.692. The lowest BCUT2D eigenvalue weighted by atomic mass is 9.83. The number of ether oxygens (including phenoxy) is 3. The molecule has 2 amide bonds. The summed E-state index contributed by atoms with van der Waals surface area (Å²) < 4.78 is 16.7. The summed E-state index contributed by atoms with van der Waals surface area (Å²) in [5, 5.41) is 5.74. The number of fused-ring (bicyclic) bond motifs is 4. The van der Waals surface area contributed by atoms with Crippen molar-refractivity contribution in [2.45, 2.75) is 18.9 Å². The Balaban J connectivity index is 1.33. The van der Waals surface area contributed by atoms with E-state index in [1.165, 1.54) is 32.4 Å². The highest BCUT2D eigenvalue weighted by molar-refractivity contribution is 6.10. The molecule has 1 fully saturated rings. The molecule has 12 nitrogen and oxygen atoms in total. The van der Waals surface area contributed by atoms with Gasteiger partial charge in [-0.2, -0.15) is 0 Å². The first kappa shape index (κ1) is 32.0. The van der Waals surface area contributed by atoms with Crippen LogP contribution in [0.25, 0.3) is 0 Å². The van der Waals surface area contributed by atoms with E-state index in [9.17, 15) is 24.0 Å². The summed E-state index contributed by atoms with van der Waals surface area (Å²) in [6.07, 6.45) is 0.951. The van der Waals surface area contributed by atoms with Crippen LogP contribution >= 0.6 is 0 Å². The Labute approximate surface area is 276 Å². The number of benzene rings is 3. The van der Waals surface area contributed by atoms with Gasteiger partial charge in [0.1, 0.15) is 5.75 Å². The molecule has 2 bridgehead atoms. The molecule has 3 heterocycles. The van der Waals surface area contributed by atoms with Crippen molar-refractivity contribution in [1.82, 2.24) is 4.57 Å². The number of hydrogen-bond acceptors (Lipinski definition) is 9. The van der Waals surface area contributed by atoms with Crippen LogP contribution < -0.4 is 25.8 Å². The van der Waals surface area contributed by atoms with Gasteiger partial charge in [-0.25, -0.2) is 9.59 Å². The van der Waals surface area contributed by atoms with Gasteiger partial charge in [0.2, 0.25) is 0 Å². The van der Waals surface area contributed by atoms with Gasteiger partial charge in [-0.15, -0.1) is 0 Å². The maximum absolute atomic E-state index is 13.6. The van der Waals surface area contributed by atoms with Crippen LogP contribution in [-0.4, -0.2) is 62.7 Å². The summed E-state index contributed by atoms with van der Waals surface area (Å²) >= 11 is 0. The molecule has 1 saturated heterocycles. The number of piperidine rings is 1. The Morgan fingerprint density at radius 2 is 1.38 bits per heavy atom. The van der Waals surface area contributed by atoms with Gasteiger partial charge in [-0.3, -0.25) is 14.4 Å². The largest absolute Gasteiger partial charge is 0.497 e. The average Bonchev–Trinajstić information content (AvgIpc) is 3.11. The van der Waals surface area contributed by atoms with Gasteiger partial charge in [-0.05, 0) is 79.1 Å². The summed E-state index contributed by atoms with van der Waals surface area (Å²) in [7, 11) is 3.97. The van der Waals surface area contributed by atoms with E-state index in [0.29, 0.717) is 36.6 Å². The highest BCUT2D eigenvalue weighted by atomic mass is 16.5. The lowest BCUT2D eigenvalue weighted by Gasteiger charge is -2.44. The van der Waals surface area contributed by atoms with Crippen molar-refractivity contribution in [3.63, 3.8) is 0 Å². The number of methoxy groups -OCH3 is 3. The number of rotatable bonds is 8. The number of aromatic nitrogens is 1. The Morgan fingerprint density at radius 3 is 2.04 bits per heavy atom. The Morgan fingerprint density at radius 1 is 0.708 bits per heavy atom. The molecule has 1 aromatic heterocycles. The number of hydrogen-bond donors (Lipinski definition) is 2. The van der Waals surface area contributed by atoms with E-state index in [1.807, 2.05) is 10.6 Å². The molecule has 4 aromatic rings. The number of carbonyl (C=O) groups excluding carboxylic acids is 4. The smallest absolute Gasteiger partial charge is 0.337 e. The topological polar surface area (TPSA) is 145 Å². The number of carbonyl (C=O) groups is 4. The summed E-state index contributed by atoms with van der Waals surface area (Å²) in [6, 6.07) is 21.2. The molecule has 3 aromatic carbocycles. The zero-order valence-electron chi connectivity index (χ0n) is 26.6. The minimum Gasteiger partial charge on any atom is -0.497 e. The van der Waals surface area contributed by atoms with Gasteiger partial charge in [0.15, 0.2) is 0 Å². The van der Waals surface area contributed by atoms with Crippen molar-refractivity contribution in [1.29, 1.82) is 0 Å². The molecule has 2 N–H and O–H groups in total. The van der Waals surface area contributed by atoms with E-state index in [-0.39, 0.29) is 45.7 Å². The summed E-state index contributed by atoms with van der Waals surface area (Å²) in [5.41, 5.74) is 3.04. The summed E-state index contributed by atoms with van der Waals surface area (Å²) in [6.45, 7) is 1.88. The van der Waals surface area contributed by atoms with Crippen LogP contribution in [0.1, 0.15) is 59.5 Å². The Hall–Kier alpha value is -5.91. The SMILES string of the molecule is COC(=O)c1cc(NC(=O)c2ccc(N3C[C@H]4C[C@@H](C3)c3cccc(=O)n3C4)c(NC(=O)c3ccc(OC)cc3)c2)cc(C(=O)OC)c1. The molecule has 6 rings (SSSR count). The van der Waals surface area contributed by atoms with Gasteiger partial charge in [0.25, 0.3) is 17.4 Å². The van der Waals surface area contributed by atoms with Crippen molar-refractivity contribution in [2.75, 3.05) is 50.0 Å². The maximum Gasteiger partial charge on any atom is 0.337 e. The van der Waals surface area contributed by atoms with Crippen LogP contribution in [-0.2, 0) is 16.0 Å². The molecule has 0 aliphatic carbocycles. The second kappa shape index (κ2) is 13.4. The molecular formula is C36H34N4O8. The zero-order valence-corrected chi connectivity index (χ0v) is 26.6. The fourth-order valence-corrected chi connectivity index (χ4v) is 6.46. The van der Waals surface area contributed by atoms with Gasteiger partial charge < -0.3 is 34.3 Å². The number of anilines is 3. The zero-order chi connectivity index (χ0) is 33.9. The number of pyridine rings is 1. The summed E-state index contributed by atoms with van der Waals surface area (Å²) in [5.74, 6) is -1.36. The Kier molecular flexibility index (Phi) is 8.98. The van der Waals surface area contributed by atoms with E-state index in [2.05, 4.69) is 15.5 Å². The van der Waals surface area contributed by atoms with E-state index in [0.717, 1.165) is 17.8 Å². The first-order valence-electron chi connectivity index (χ1n) is 15.3.